The van der Waals surface area contributed by atoms with Crippen molar-refractivity contribution in [3.8, 4) is 11.3 Å². The van der Waals surface area contributed by atoms with Gasteiger partial charge in [-0.15, -0.1) is 0 Å². The highest BCUT2D eigenvalue weighted by atomic mass is 16.5. The van der Waals surface area contributed by atoms with Crippen LogP contribution >= 0.6 is 0 Å². The molecule has 6 heteroatoms. The van der Waals surface area contributed by atoms with Crippen molar-refractivity contribution < 1.29 is 9.32 Å². The first-order chi connectivity index (χ1) is 12.5. The molecule has 1 aliphatic heterocycles. The van der Waals surface area contributed by atoms with E-state index in [4.69, 9.17) is 4.52 Å². The summed E-state index contributed by atoms with van der Waals surface area (Å²) >= 11 is 0. The van der Waals surface area contributed by atoms with Gasteiger partial charge in [0.25, 0.3) is 11.6 Å². The molecule has 1 amide bonds. The summed E-state index contributed by atoms with van der Waals surface area (Å²) in [6.07, 6.45) is 0. The van der Waals surface area contributed by atoms with Crippen molar-refractivity contribution in [1.29, 1.82) is 0 Å². The molecular weight excluding hydrogens is 328 g/mol. The lowest BCUT2D eigenvalue weighted by atomic mass is 10.0. The summed E-state index contributed by atoms with van der Waals surface area (Å²) in [7, 11) is 0. The number of carbonyl (C=O) groups is 1. The molecule has 1 N–H and O–H groups in total. The highest BCUT2D eigenvalue weighted by Crippen LogP contribution is 2.28. The maximum absolute atomic E-state index is 13.3. The molecule has 0 spiro atoms. The van der Waals surface area contributed by atoms with E-state index in [0.717, 1.165) is 24.3 Å². The smallest absolute Gasteiger partial charge is 0.259 e. The average Bonchev–Trinajstić information content (AvgIpc) is 3.02. The number of nitrogens with zero attached hydrogens (tertiary/aromatic N) is 3. The van der Waals surface area contributed by atoms with Crippen LogP contribution in [0.2, 0.25) is 0 Å². The topological polar surface area (TPSA) is 71.3 Å². The van der Waals surface area contributed by atoms with E-state index in [-0.39, 0.29) is 11.9 Å². The zero-order valence-corrected chi connectivity index (χ0v) is 15.2. The Morgan fingerprint density at radius 2 is 2.04 bits per heavy atom. The molecule has 1 aromatic carbocycles. The van der Waals surface area contributed by atoms with Crippen LogP contribution in [0.4, 0.5) is 0 Å². The number of hydrogen-bond donors (Lipinski definition) is 1. The zero-order chi connectivity index (χ0) is 18.3. The second-order valence-electron chi connectivity index (χ2n) is 6.92. The predicted octanol–water partition coefficient (Wildman–Crippen LogP) is 2.94. The number of aromatic nitrogens is 2. The van der Waals surface area contributed by atoms with Gasteiger partial charge >= 0.3 is 0 Å². The van der Waals surface area contributed by atoms with Crippen molar-refractivity contribution in [2.75, 3.05) is 19.6 Å². The maximum atomic E-state index is 13.3. The third-order valence-corrected chi connectivity index (χ3v) is 4.96. The molecule has 1 saturated heterocycles. The molecule has 134 valence electrons. The van der Waals surface area contributed by atoms with E-state index in [0.29, 0.717) is 28.9 Å². The number of aryl methyl sites for hydroxylation is 2. The fourth-order valence-electron chi connectivity index (χ4n) is 3.43. The van der Waals surface area contributed by atoms with Gasteiger partial charge < -0.3 is 14.7 Å². The number of nitrogens with one attached hydrogen (secondary N) is 1. The van der Waals surface area contributed by atoms with Crippen LogP contribution in [0.25, 0.3) is 22.4 Å². The van der Waals surface area contributed by atoms with Crippen molar-refractivity contribution in [2.45, 2.75) is 26.8 Å². The Morgan fingerprint density at radius 3 is 2.77 bits per heavy atom. The Kier molecular flexibility index (Phi) is 4.20. The van der Waals surface area contributed by atoms with Crippen molar-refractivity contribution in [3.63, 3.8) is 0 Å². The summed E-state index contributed by atoms with van der Waals surface area (Å²) < 4.78 is 5.40. The third-order valence-electron chi connectivity index (χ3n) is 4.96. The summed E-state index contributed by atoms with van der Waals surface area (Å²) in [5.41, 5.74) is 4.56. The van der Waals surface area contributed by atoms with Crippen LogP contribution in [-0.4, -0.2) is 46.6 Å². The molecule has 1 atom stereocenters. The van der Waals surface area contributed by atoms with Crippen molar-refractivity contribution in [2.24, 2.45) is 0 Å². The van der Waals surface area contributed by atoms with Gasteiger partial charge in [0.15, 0.2) is 0 Å². The molecule has 6 nitrogen and oxygen atoms in total. The Hall–Kier alpha value is -2.73. The first-order valence-corrected chi connectivity index (χ1v) is 8.90. The number of benzene rings is 1. The number of pyridine rings is 1. The van der Waals surface area contributed by atoms with Crippen LogP contribution in [0.15, 0.2) is 34.9 Å². The molecule has 2 aromatic heterocycles. The Balaban J connectivity index is 1.85. The highest BCUT2D eigenvalue weighted by molar-refractivity contribution is 6.07. The van der Waals surface area contributed by atoms with Crippen LogP contribution in [0.3, 0.4) is 0 Å². The normalized spacial score (nSPS) is 17.7. The van der Waals surface area contributed by atoms with E-state index in [2.05, 4.69) is 22.4 Å². The van der Waals surface area contributed by atoms with Gasteiger partial charge in [0.05, 0.1) is 22.3 Å². The highest BCUT2D eigenvalue weighted by Gasteiger charge is 2.28. The maximum Gasteiger partial charge on any atom is 0.259 e. The van der Waals surface area contributed by atoms with E-state index < -0.39 is 0 Å². The summed E-state index contributed by atoms with van der Waals surface area (Å²) in [5, 5.41) is 8.06. The summed E-state index contributed by atoms with van der Waals surface area (Å²) in [6, 6.07) is 10.1. The van der Waals surface area contributed by atoms with E-state index >= 15 is 0 Å². The quantitative estimate of drug-likeness (QED) is 0.769. The summed E-state index contributed by atoms with van der Waals surface area (Å²) in [5.74, 6) is 0.00561. The Morgan fingerprint density at radius 1 is 1.27 bits per heavy atom. The van der Waals surface area contributed by atoms with E-state index in [9.17, 15) is 4.79 Å². The van der Waals surface area contributed by atoms with Crippen LogP contribution < -0.4 is 5.32 Å². The SMILES string of the molecule is Cc1ccc(-c2cc(C(=O)N3CCNC[C@@H]3C)c3c(C)noc3n2)cc1. The molecule has 26 heavy (non-hydrogen) atoms. The molecular formula is C20H22N4O2. The lowest BCUT2D eigenvalue weighted by Crippen LogP contribution is -2.52. The lowest BCUT2D eigenvalue weighted by Gasteiger charge is -2.34. The van der Waals surface area contributed by atoms with Crippen molar-refractivity contribution in [1.82, 2.24) is 20.4 Å². The number of piperazine rings is 1. The van der Waals surface area contributed by atoms with Crippen LogP contribution in [0.1, 0.15) is 28.5 Å². The number of hydrogen-bond acceptors (Lipinski definition) is 5. The van der Waals surface area contributed by atoms with Gasteiger partial charge in [-0.25, -0.2) is 4.98 Å². The minimum atomic E-state index is 0.00561. The number of carbonyl (C=O) groups excluding carboxylic acids is 1. The van der Waals surface area contributed by atoms with Gasteiger partial charge in [0.2, 0.25) is 0 Å². The standard InChI is InChI=1S/C20H22N4O2/c1-12-4-6-15(7-5-12)17-10-16(18-14(3)23-26-19(18)22-17)20(25)24-9-8-21-11-13(24)2/h4-7,10,13,21H,8-9,11H2,1-3H3/t13-/m0/s1. The molecule has 0 radical (unpaired) electrons. The van der Waals surface area contributed by atoms with Crippen LogP contribution in [0.5, 0.6) is 0 Å². The largest absolute Gasteiger partial charge is 0.335 e. The zero-order valence-electron chi connectivity index (χ0n) is 15.2. The van der Waals surface area contributed by atoms with Gasteiger partial charge in [0, 0.05) is 31.2 Å². The number of rotatable bonds is 2. The minimum Gasteiger partial charge on any atom is -0.335 e. The summed E-state index contributed by atoms with van der Waals surface area (Å²) in [6.45, 7) is 8.24. The molecule has 3 heterocycles. The molecule has 3 aromatic rings. The molecule has 0 unspecified atom stereocenters. The van der Waals surface area contributed by atoms with Crippen LogP contribution in [0, 0.1) is 13.8 Å². The molecule has 1 fully saturated rings. The fourth-order valence-corrected chi connectivity index (χ4v) is 3.43. The second kappa shape index (κ2) is 6.53. The lowest BCUT2D eigenvalue weighted by molar-refractivity contribution is 0.0657. The fraction of sp³-hybridized carbons (Fsp3) is 0.350. The molecule has 0 aliphatic carbocycles. The number of amides is 1. The number of fused-ring (bicyclic) bond motifs is 1. The second-order valence-corrected chi connectivity index (χ2v) is 6.92. The molecule has 0 bridgehead atoms. The first kappa shape index (κ1) is 16.7. The Bertz CT molecular complexity index is 962. The van der Waals surface area contributed by atoms with Gasteiger partial charge in [-0.2, -0.15) is 0 Å². The monoisotopic (exact) mass is 350 g/mol. The van der Waals surface area contributed by atoms with Crippen molar-refractivity contribution in [3.05, 3.63) is 47.2 Å². The van der Waals surface area contributed by atoms with Crippen LogP contribution in [-0.2, 0) is 0 Å². The average molecular weight is 350 g/mol. The molecule has 4 rings (SSSR count). The molecule has 1 aliphatic rings. The van der Waals surface area contributed by atoms with E-state index in [1.54, 1.807) is 0 Å². The predicted molar refractivity (Wildman–Crippen MR) is 100 cm³/mol. The van der Waals surface area contributed by atoms with Gasteiger partial charge in [-0.1, -0.05) is 35.0 Å². The van der Waals surface area contributed by atoms with E-state index in [1.165, 1.54) is 5.56 Å². The first-order valence-electron chi connectivity index (χ1n) is 8.90. The van der Waals surface area contributed by atoms with E-state index in [1.807, 2.05) is 49.1 Å². The van der Waals surface area contributed by atoms with Gasteiger partial charge in [-0.05, 0) is 26.8 Å². The van der Waals surface area contributed by atoms with Gasteiger partial charge in [0.1, 0.15) is 0 Å². The van der Waals surface area contributed by atoms with Crippen molar-refractivity contribution >= 4 is 17.0 Å². The minimum absolute atomic E-state index is 0.00561. The third kappa shape index (κ3) is 2.86. The Labute approximate surface area is 152 Å². The molecule has 0 saturated carbocycles. The summed E-state index contributed by atoms with van der Waals surface area (Å²) in [4.78, 5) is 19.8. The van der Waals surface area contributed by atoms with Gasteiger partial charge in [-0.3, -0.25) is 4.79 Å².